The molecule has 0 fully saturated rings. The lowest BCUT2D eigenvalue weighted by molar-refractivity contribution is -0.111. The van der Waals surface area contributed by atoms with Crippen molar-refractivity contribution in [2.45, 2.75) is 0 Å². The fraction of sp³-hybridized carbons (Fsp3) is 0.261. The molecule has 0 radical (unpaired) electrons. The molecule has 2 aromatic carbocycles. The molecule has 0 spiro atoms. The molecule has 0 aliphatic heterocycles. The molecule has 1 heterocycles. The third kappa shape index (κ3) is 5.49. The van der Waals surface area contributed by atoms with Crippen molar-refractivity contribution in [3.8, 4) is 5.75 Å². The Morgan fingerprint density at radius 3 is 2.71 bits per heavy atom. The van der Waals surface area contributed by atoms with Crippen LogP contribution in [0.1, 0.15) is 0 Å². The van der Waals surface area contributed by atoms with Crippen molar-refractivity contribution in [2.24, 2.45) is 0 Å². The Labute approximate surface area is 182 Å². The van der Waals surface area contributed by atoms with Crippen molar-refractivity contribution < 1.29 is 9.53 Å². The van der Waals surface area contributed by atoms with Crippen LogP contribution in [0, 0.1) is 0 Å². The average molecular weight is 421 g/mol. The minimum atomic E-state index is -0.272. The van der Waals surface area contributed by atoms with E-state index in [-0.39, 0.29) is 5.91 Å². The van der Waals surface area contributed by atoms with Gasteiger partial charge in [-0.3, -0.25) is 4.79 Å². The van der Waals surface area contributed by atoms with E-state index in [1.54, 1.807) is 13.3 Å². The Morgan fingerprint density at radius 1 is 1.19 bits per heavy atom. The number of rotatable bonds is 9. The van der Waals surface area contributed by atoms with Gasteiger partial charge < -0.3 is 25.2 Å². The number of nitrogens with one attached hydrogen (secondary N) is 2. The summed E-state index contributed by atoms with van der Waals surface area (Å²) in [5, 5.41) is 6.99. The fourth-order valence-corrected chi connectivity index (χ4v) is 3.08. The highest BCUT2D eigenvalue weighted by Gasteiger charge is 2.12. The Bertz CT molecular complexity index is 1080. The molecule has 162 valence electrons. The minimum absolute atomic E-state index is 0.272. The van der Waals surface area contributed by atoms with Gasteiger partial charge in [0.1, 0.15) is 11.3 Å². The topological polar surface area (TPSA) is 82.6 Å². The average Bonchev–Trinajstić information content (AvgIpc) is 2.77. The van der Waals surface area contributed by atoms with Crippen LogP contribution in [0.4, 0.5) is 23.0 Å². The molecule has 0 saturated carbocycles. The summed E-state index contributed by atoms with van der Waals surface area (Å²) in [7, 11) is 7.66. The van der Waals surface area contributed by atoms with Crippen LogP contribution in [-0.2, 0) is 4.79 Å². The predicted molar refractivity (Wildman–Crippen MR) is 126 cm³/mol. The summed E-state index contributed by atoms with van der Waals surface area (Å²) in [5.41, 5.74) is 3.05. The first kappa shape index (κ1) is 22.0. The van der Waals surface area contributed by atoms with Crippen LogP contribution in [0.5, 0.6) is 5.75 Å². The maximum atomic E-state index is 12.0. The zero-order chi connectivity index (χ0) is 22.4. The highest BCUT2D eigenvalue weighted by Crippen LogP contribution is 2.30. The molecule has 0 aliphatic carbocycles. The lowest BCUT2D eigenvalue weighted by atomic mass is 10.2. The molecule has 0 bridgehead atoms. The van der Waals surface area contributed by atoms with Crippen molar-refractivity contribution in [2.75, 3.05) is 56.9 Å². The fourth-order valence-electron chi connectivity index (χ4n) is 3.08. The number of methoxy groups -OCH3 is 1. The number of fused-ring (bicyclic) bond motifs is 1. The van der Waals surface area contributed by atoms with E-state index >= 15 is 0 Å². The van der Waals surface area contributed by atoms with Gasteiger partial charge in [-0.15, -0.1) is 0 Å². The van der Waals surface area contributed by atoms with Crippen molar-refractivity contribution in [3.63, 3.8) is 0 Å². The summed E-state index contributed by atoms with van der Waals surface area (Å²) >= 11 is 0. The van der Waals surface area contributed by atoms with Gasteiger partial charge in [0, 0.05) is 37.4 Å². The van der Waals surface area contributed by atoms with E-state index in [4.69, 9.17) is 4.74 Å². The van der Waals surface area contributed by atoms with E-state index < -0.39 is 0 Å². The Kier molecular flexibility index (Phi) is 7.04. The molecular weight excluding hydrogens is 392 g/mol. The Balaban J connectivity index is 1.90. The van der Waals surface area contributed by atoms with Crippen molar-refractivity contribution in [1.82, 2.24) is 14.9 Å². The number of para-hydroxylation sites is 1. The van der Waals surface area contributed by atoms with Crippen LogP contribution >= 0.6 is 0 Å². The highest BCUT2D eigenvalue weighted by molar-refractivity contribution is 6.01. The molecule has 0 aliphatic rings. The molecule has 0 saturated heterocycles. The second kappa shape index (κ2) is 9.90. The lowest BCUT2D eigenvalue weighted by Crippen LogP contribution is -2.29. The van der Waals surface area contributed by atoms with Crippen LogP contribution in [0.25, 0.3) is 10.9 Å². The van der Waals surface area contributed by atoms with Gasteiger partial charge in [-0.1, -0.05) is 18.7 Å². The molecule has 3 aromatic rings. The number of nitrogens with zero attached hydrogens (tertiary/aromatic N) is 4. The number of amides is 1. The molecular formula is C23H28N6O2. The number of hydrogen-bond donors (Lipinski definition) is 2. The summed E-state index contributed by atoms with van der Waals surface area (Å²) in [5.74, 6) is 0.845. The lowest BCUT2D eigenvalue weighted by Gasteiger charge is -2.24. The third-order valence-electron chi connectivity index (χ3n) is 4.78. The first-order chi connectivity index (χ1) is 14.9. The second-order valence-corrected chi connectivity index (χ2v) is 7.37. The van der Waals surface area contributed by atoms with Crippen molar-refractivity contribution in [3.05, 3.63) is 55.3 Å². The first-order valence-electron chi connectivity index (χ1n) is 9.91. The number of hydrogen-bond acceptors (Lipinski definition) is 7. The molecule has 3 rings (SSSR count). The quantitative estimate of drug-likeness (QED) is 0.513. The molecule has 0 unspecified atom stereocenters. The second-order valence-electron chi connectivity index (χ2n) is 7.37. The number of benzene rings is 2. The van der Waals surface area contributed by atoms with Crippen LogP contribution in [-0.4, -0.2) is 62.1 Å². The number of aromatic nitrogens is 2. The first-order valence-corrected chi connectivity index (χ1v) is 9.91. The Hall–Kier alpha value is -3.65. The van der Waals surface area contributed by atoms with E-state index in [1.807, 2.05) is 57.5 Å². The predicted octanol–water partition coefficient (Wildman–Crippen LogP) is 3.50. The van der Waals surface area contributed by atoms with E-state index in [2.05, 4.69) is 37.0 Å². The van der Waals surface area contributed by atoms with E-state index in [1.165, 1.54) is 6.08 Å². The zero-order valence-electron chi connectivity index (χ0n) is 18.3. The van der Waals surface area contributed by atoms with Crippen molar-refractivity contribution >= 4 is 39.8 Å². The highest BCUT2D eigenvalue weighted by atomic mass is 16.5. The largest absolute Gasteiger partial charge is 0.494 e. The summed E-state index contributed by atoms with van der Waals surface area (Å²) in [6.45, 7) is 5.24. The smallest absolute Gasteiger partial charge is 0.247 e. The van der Waals surface area contributed by atoms with Crippen LogP contribution in [0.2, 0.25) is 0 Å². The van der Waals surface area contributed by atoms with Crippen LogP contribution in [0.3, 0.4) is 0 Å². The molecule has 8 nitrogen and oxygen atoms in total. The van der Waals surface area contributed by atoms with Crippen LogP contribution < -0.4 is 20.3 Å². The summed E-state index contributed by atoms with van der Waals surface area (Å²) in [6, 6.07) is 11.4. The molecule has 2 N–H and O–H groups in total. The minimum Gasteiger partial charge on any atom is -0.494 e. The number of ether oxygens (including phenoxy) is 1. The van der Waals surface area contributed by atoms with Gasteiger partial charge in [-0.25, -0.2) is 9.97 Å². The van der Waals surface area contributed by atoms with E-state index in [0.29, 0.717) is 17.4 Å². The number of anilines is 4. The number of carbonyl (C=O) groups excluding carboxylic acids is 1. The van der Waals surface area contributed by atoms with E-state index in [0.717, 1.165) is 35.4 Å². The summed E-state index contributed by atoms with van der Waals surface area (Å²) in [6.07, 6.45) is 3.00. The van der Waals surface area contributed by atoms with Gasteiger partial charge in [0.05, 0.1) is 18.5 Å². The summed E-state index contributed by atoms with van der Waals surface area (Å²) in [4.78, 5) is 25.2. The molecule has 8 heteroatoms. The van der Waals surface area contributed by atoms with Crippen LogP contribution in [0.15, 0.2) is 55.3 Å². The maximum Gasteiger partial charge on any atom is 0.247 e. The van der Waals surface area contributed by atoms with Gasteiger partial charge in [0.25, 0.3) is 0 Å². The van der Waals surface area contributed by atoms with E-state index in [9.17, 15) is 4.79 Å². The zero-order valence-corrected chi connectivity index (χ0v) is 18.3. The Morgan fingerprint density at radius 2 is 2.00 bits per heavy atom. The van der Waals surface area contributed by atoms with Crippen molar-refractivity contribution in [1.29, 1.82) is 0 Å². The summed E-state index contributed by atoms with van der Waals surface area (Å²) < 4.78 is 5.41. The standard InChI is InChI=1S/C23H28N6O2/c1-6-21(30)26-18-14-17(10-11-19(18)29(4)13-12-28(2)3)25-23-24-15-16-8-7-9-20(31-5)22(16)27-23/h6-11,14-15H,1,12-13H2,2-5H3,(H,26,30)(H,24,25,27). The van der Waals surface area contributed by atoms with Gasteiger partial charge in [0.2, 0.25) is 11.9 Å². The van der Waals surface area contributed by atoms with Gasteiger partial charge in [0.15, 0.2) is 0 Å². The normalized spacial score (nSPS) is 10.7. The maximum absolute atomic E-state index is 12.0. The number of likely N-dealkylation sites (N-methyl/N-ethyl adjacent to an activating group) is 2. The van der Waals surface area contributed by atoms with Gasteiger partial charge in [-0.05, 0) is 44.4 Å². The monoisotopic (exact) mass is 420 g/mol. The third-order valence-corrected chi connectivity index (χ3v) is 4.78. The number of carbonyl (C=O) groups is 1. The molecule has 1 amide bonds. The molecule has 0 atom stereocenters. The van der Waals surface area contributed by atoms with Gasteiger partial charge >= 0.3 is 0 Å². The molecule has 31 heavy (non-hydrogen) atoms. The molecule has 1 aromatic heterocycles. The van der Waals surface area contributed by atoms with Gasteiger partial charge in [-0.2, -0.15) is 0 Å². The SMILES string of the molecule is C=CC(=O)Nc1cc(Nc2ncc3cccc(OC)c3n2)ccc1N(C)CCN(C)C.